The molecule has 2 N–H and O–H groups in total. The molecule has 0 saturated carbocycles. The number of aromatic nitrogens is 2. The number of rotatable bonds is 5. The number of hydrogen-bond donors (Lipinski definition) is 1. The molecule has 0 unspecified atom stereocenters. The van der Waals surface area contributed by atoms with E-state index in [4.69, 9.17) is 19.9 Å². The Hall–Kier alpha value is -2.34. The lowest BCUT2D eigenvalue weighted by molar-refractivity contribution is 0.181. The largest absolute Gasteiger partial charge is 0.493 e. The molecular weight excluding hydrogens is 258 g/mol. The molecule has 0 spiro atoms. The van der Waals surface area contributed by atoms with Crippen LogP contribution < -0.4 is 15.2 Å². The molecule has 0 bridgehead atoms. The SMILES string of the molecule is COCc1cc(N)nc(-c2cccc(OC)c2OC)n1. The third-order valence-electron chi connectivity index (χ3n) is 2.74. The van der Waals surface area contributed by atoms with Crippen molar-refractivity contribution in [1.82, 2.24) is 9.97 Å². The van der Waals surface area contributed by atoms with E-state index in [9.17, 15) is 0 Å². The standard InChI is InChI=1S/C14H17N3O3/c1-18-8-9-7-12(15)17-14(16-9)10-5-4-6-11(19-2)13(10)20-3/h4-7H,8H2,1-3H3,(H2,15,16,17). The van der Waals surface area contributed by atoms with Gasteiger partial charge < -0.3 is 19.9 Å². The Labute approximate surface area is 117 Å². The molecule has 0 radical (unpaired) electrons. The third-order valence-corrected chi connectivity index (χ3v) is 2.74. The van der Waals surface area contributed by atoms with Gasteiger partial charge in [-0.15, -0.1) is 0 Å². The molecule has 0 aliphatic heterocycles. The molecule has 0 fully saturated rings. The van der Waals surface area contributed by atoms with E-state index in [1.165, 1.54) is 0 Å². The van der Waals surface area contributed by atoms with Gasteiger partial charge in [0.05, 0.1) is 32.1 Å². The molecule has 2 aromatic rings. The first-order valence-electron chi connectivity index (χ1n) is 6.03. The van der Waals surface area contributed by atoms with Gasteiger partial charge in [-0.25, -0.2) is 9.97 Å². The molecule has 1 aromatic carbocycles. The van der Waals surface area contributed by atoms with E-state index in [2.05, 4.69) is 9.97 Å². The van der Waals surface area contributed by atoms with E-state index in [0.29, 0.717) is 35.4 Å². The van der Waals surface area contributed by atoms with Crippen LogP contribution in [0.15, 0.2) is 24.3 Å². The number of hydrogen-bond acceptors (Lipinski definition) is 6. The lowest BCUT2D eigenvalue weighted by Gasteiger charge is -2.12. The molecule has 6 heteroatoms. The summed E-state index contributed by atoms with van der Waals surface area (Å²) in [5.74, 6) is 2.05. The van der Waals surface area contributed by atoms with Gasteiger partial charge in [-0.05, 0) is 12.1 Å². The summed E-state index contributed by atoms with van der Waals surface area (Å²) >= 11 is 0. The van der Waals surface area contributed by atoms with E-state index in [0.717, 1.165) is 5.56 Å². The molecule has 0 atom stereocenters. The fraction of sp³-hybridized carbons (Fsp3) is 0.286. The molecule has 1 aromatic heterocycles. The molecule has 106 valence electrons. The topological polar surface area (TPSA) is 79.5 Å². The highest BCUT2D eigenvalue weighted by atomic mass is 16.5. The second-order valence-corrected chi connectivity index (χ2v) is 4.08. The highest BCUT2D eigenvalue weighted by Gasteiger charge is 2.14. The Kier molecular flexibility index (Phi) is 4.37. The van der Waals surface area contributed by atoms with E-state index in [1.54, 1.807) is 27.4 Å². The number of ether oxygens (including phenoxy) is 3. The third kappa shape index (κ3) is 2.80. The summed E-state index contributed by atoms with van der Waals surface area (Å²) in [5.41, 5.74) is 7.24. The summed E-state index contributed by atoms with van der Waals surface area (Å²) in [4.78, 5) is 8.67. The van der Waals surface area contributed by atoms with E-state index < -0.39 is 0 Å². The number of benzene rings is 1. The maximum atomic E-state index is 5.81. The first kappa shape index (κ1) is 14.1. The van der Waals surface area contributed by atoms with Crippen molar-refractivity contribution < 1.29 is 14.2 Å². The average Bonchev–Trinajstić information content (AvgIpc) is 2.46. The summed E-state index contributed by atoms with van der Waals surface area (Å²) in [6.45, 7) is 0.367. The molecular formula is C14H17N3O3. The molecule has 6 nitrogen and oxygen atoms in total. The molecule has 0 saturated heterocycles. The Morgan fingerprint density at radius 1 is 1.10 bits per heavy atom. The maximum Gasteiger partial charge on any atom is 0.171 e. The minimum absolute atomic E-state index is 0.367. The Morgan fingerprint density at radius 3 is 2.55 bits per heavy atom. The van der Waals surface area contributed by atoms with Crippen LogP contribution in [0.1, 0.15) is 5.69 Å². The molecule has 0 amide bonds. The van der Waals surface area contributed by atoms with Crippen LogP contribution in [-0.4, -0.2) is 31.3 Å². The van der Waals surface area contributed by atoms with Gasteiger partial charge in [-0.2, -0.15) is 0 Å². The summed E-state index contributed by atoms with van der Waals surface area (Å²) in [6.07, 6.45) is 0. The minimum Gasteiger partial charge on any atom is -0.493 e. The van der Waals surface area contributed by atoms with Crippen molar-refractivity contribution >= 4 is 5.82 Å². The summed E-state index contributed by atoms with van der Waals surface area (Å²) in [6, 6.07) is 7.19. The number of nitrogen functional groups attached to an aromatic ring is 1. The van der Waals surface area contributed by atoms with Crippen LogP contribution in [0.5, 0.6) is 11.5 Å². The minimum atomic E-state index is 0.367. The molecule has 20 heavy (non-hydrogen) atoms. The van der Waals surface area contributed by atoms with Gasteiger partial charge in [-0.1, -0.05) is 6.07 Å². The molecule has 0 aliphatic rings. The van der Waals surface area contributed by atoms with Crippen molar-refractivity contribution in [1.29, 1.82) is 0 Å². The van der Waals surface area contributed by atoms with E-state index >= 15 is 0 Å². The van der Waals surface area contributed by atoms with Crippen LogP contribution in [-0.2, 0) is 11.3 Å². The van der Waals surface area contributed by atoms with Crippen LogP contribution >= 0.6 is 0 Å². The Morgan fingerprint density at radius 2 is 1.90 bits per heavy atom. The van der Waals surface area contributed by atoms with Gasteiger partial charge in [0, 0.05) is 13.2 Å². The van der Waals surface area contributed by atoms with Crippen LogP contribution in [0.25, 0.3) is 11.4 Å². The quantitative estimate of drug-likeness (QED) is 0.897. The van der Waals surface area contributed by atoms with Crippen LogP contribution in [0.2, 0.25) is 0 Å². The highest BCUT2D eigenvalue weighted by molar-refractivity contribution is 5.69. The normalized spacial score (nSPS) is 10.3. The number of nitrogens with zero attached hydrogens (tertiary/aromatic N) is 2. The van der Waals surface area contributed by atoms with Gasteiger partial charge in [0.25, 0.3) is 0 Å². The summed E-state index contributed by atoms with van der Waals surface area (Å²) in [5, 5.41) is 0. The summed E-state index contributed by atoms with van der Waals surface area (Å²) in [7, 11) is 4.76. The molecule has 2 rings (SSSR count). The van der Waals surface area contributed by atoms with Crippen molar-refractivity contribution in [3.05, 3.63) is 30.0 Å². The summed E-state index contributed by atoms with van der Waals surface area (Å²) < 4.78 is 15.7. The lowest BCUT2D eigenvalue weighted by atomic mass is 10.1. The molecule has 0 aliphatic carbocycles. The van der Waals surface area contributed by atoms with Crippen LogP contribution in [0.4, 0.5) is 5.82 Å². The van der Waals surface area contributed by atoms with Crippen molar-refractivity contribution in [2.24, 2.45) is 0 Å². The van der Waals surface area contributed by atoms with E-state index in [-0.39, 0.29) is 0 Å². The second-order valence-electron chi connectivity index (χ2n) is 4.08. The predicted octanol–water partition coefficient (Wildman–Crippen LogP) is 1.89. The fourth-order valence-electron chi connectivity index (χ4n) is 1.92. The first-order chi connectivity index (χ1) is 9.69. The number of anilines is 1. The van der Waals surface area contributed by atoms with Crippen molar-refractivity contribution in [3.63, 3.8) is 0 Å². The average molecular weight is 275 g/mol. The maximum absolute atomic E-state index is 5.81. The van der Waals surface area contributed by atoms with Gasteiger partial charge in [0.2, 0.25) is 0 Å². The molecule has 1 heterocycles. The van der Waals surface area contributed by atoms with Gasteiger partial charge >= 0.3 is 0 Å². The second kappa shape index (κ2) is 6.21. The van der Waals surface area contributed by atoms with Crippen molar-refractivity contribution in [2.45, 2.75) is 6.61 Å². The van der Waals surface area contributed by atoms with Gasteiger partial charge in [0.1, 0.15) is 5.82 Å². The highest BCUT2D eigenvalue weighted by Crippen LogP contribution is 2.36. The number of methoxy groups -OCH3 is 3. The van der Waals surface area contributed by atoms with Crippen molar-refractivity contribution in [3.8, 4) is 22.9 Å². The van der Waals surface area contributed by atoms with Gasteiger partial charge in [0.15, 0.2) is 17.3 Å². The zero-order chi connectivity index (χ0) is 14.5. The lowest BCUT2D eigenvalue weighted by Crippen LogP contribution is -2.02. The number of nitrogens with two attached hydrogens (primary N) is 1. The van der Waals surface area contributed by atoms with Gasteiger partial charge in [-0.3, -0.25) is 0 Å². The fourth-order valence-corrected chi connectivity index (χ4v) is 1.92. The predicted molar refractivity (Wildman–Crippen MR) is 75.7 cm³/mol. The zero-order valence-electron chi connectivity index (χ0n) is 11.7. The zero-order valence-corrected chi connectivity index (χ0v) is 11.7. The monoisotopic (exact) mass is 275 g/mol. The first-order valence-corrected chi connectivity index (χ1v) is 6.03. The van der Waals surface area contributed by atoms with Crippen LogP contribution in [0, 0.1) is 0 Å². The van der Waals surface area contributed by atoms with E-state index in [1.807, 2.05) is 18.2 Å². The van der Waals surface area contributed by atoms with Crippen LogP contribution in [0.3, 0.4) is 0 Å². The number of para-hydroxylation sites is 1. The Balaban J connectivity index is 2.56. The Bertz CT molecular complexity index is 602. The smallest absolute Gasteiger partial charge is 0.171 e. The van der Waals surface area contributed by atoms with Crippen molar-refractivity contribution in [2.75, 3.05) is 27.1 Å².